The highest BCUT2D eigenvalue weighted by Crippen LogP contribution is 2.41. The van der Waals surface area contributed by atoms with Crippen LogP contribution < -0.4 is 0 Å². The highest BCUT2D eigenvalue weighted by Gasteiger charge is 2.31. The van der Waals surface area contributed by atoms with Gasteiger partial charge in [-0.3, -0.25) is 0 Å². The van der Waals surface area contributed by atoms with Gasteiger partial charge in [0.15, 0.2) is 11.6 Å². The molecular weight excluding hydrogens is 290 g/mol. The lowest BCUT2D eigenvalue weighted by Crippen LogP contribution is -2.01. The van der Waals surface area contributed by atoms with Crippen LogP contribution in [0.25, 0.3) is 6.08 Å². The Kier molecular flexibility index (Phi) is 2.55. The quantitative estimate of drug-likeness (QED) is 0.811. The van der Waals surface area contributed by atoms with Crippen molar-refractivity contribution in [3.63, 3.8) is 0 Å². The van der Waals surface area contributed by atoms with E-state index in [0.717, 1.165) is 34.1 Å². The summed E-state index contributed by atoms with van der Waals surface area (Å²) in [5.74, 6) is 2.47. The third-order valence-electron chi connectivity index (χ3n) is 4.11. The third kappa shape index (κ3) is 2.01. The number of fused-ring (bicyclic) bond motifs is 2. The summed E-state index contributed by atoms with van der Waals surface area (Å²) in [6.07, 6.45) is 9.76. The molecule has 5 nitrogen and oxygen atoms in total. The summed E-state index contributed by atoms with van der Waals surface area (Å²) in [7, 11) is 0. The minimum atomic E-state index is -0.375. The van der Waals surface area contributed by atoms with Crippen molar-refractivity contribution in [2.75, 3.05) is 0 Å². The van der Waals surface area contributed by atoms with Gasteiger partial charge in [-0.1, -0.05) is 30.3 Å². The molecule has 0 spiro atoms. The number of ether oxygens (including phenoxy) is 2. The van der Waals surface area contributed by atoms with Crippen LogP contribution in [0, 0.1) is 0 Å². The lowest BCUT2D eigenvalue weighted by molar-refractivity contribution is -0.0394. The van der Waals surface area contributed by atoms with E-state index in [-0.39, 0.29) is 6.29 Å². The number of imidazole rings is 1. The molecule has 1 aliphatic carbocycles. The fraction of sp³-hybridized carbons (Fsp3) is 0.111. The van der Waals surface area contributed by atoms with Gasteiger partial charge >= 0.3 is 0 Å². The average molecular weight is 303 g/mol. The molecule has 23 heavy (non-hydrogen) atoms. The molecule has 0 saturated heterocycles. The van der Waals surface area contributed by atoms with Crippen molar-refractivity contribution >= 4 is 12.3 Å². The molecule has 2 aromatic rings. The molecule has 5 rings (SSSR count). The Morgan fingerprint density at radius 1 is 1.09 bits per heavy atom. The predicted molar refractivity (Wildman–Crippen MR) is 85.2 cm³/mol. The molecule has 0 fully saturated rings. The summed E-state index contributed by atoms with van der Waals surface area (Å²) >= 11 is 0. The molecule has 0 N–H and O–H groups in total. The molecule has 1 aromatic carbocycles. The number of nitrogens with zero attached hydrogens (tertiary/aromatic N) is 3. The van der Waals surface area contributed by atoms with E-state index in [1.54, 1.807) is 10.9 Å². The van der Waals surface area contributed by atoms with Crippen LogP contribution in [0.1, 0.15) is 24.1 Å². The molecule has 3 heterocycles. The number of rotatable bonds is 1. The first kappa shape index (κ1) is 12.5. The molecule has 0 amide bonds. The number of hydrogen-bond acceptors (Lipinski definition) is 4. The van der Waals surface area contributed by atoms with Crippen molar-refractivity contribution in [3.05, 3.63) is 82.9 Å². The zero-order valence-electron chi connectivity index (χ0n) is 12.2. The summed E-state index contributed by atoms with van der Waals surface area (Å²) in [5.41, 5.74) is 3.18. The van der Waals surface area contributed by atoms with Gasteiger partial charge in [0.2, 0.25) is 0 Å². The molecule has 0 bridgehead atoms. The van der Waals surface area contributed by atoms with Crippen molar-refractivity contribution in [1.29, 1.82) is 0 Å². The Bertz CT molecular complexity index is 903. The number of benzene rings is 1. The first-order valence-corrected chi connectivity index (χ1v) is 7.48. The van der Waals surface area contributed by atoms with Crippen LogP contribution in [0.2, 0.25) is 0 Å². The van der Waals surface area contributed by atoms with E-state index < -0.39 is 0 Å². The summed E-state index contributed by atoms with van der Waals surface area (Å²) in [4.78, 5) is 4.31. The molecule has 1 aromatic heterocycles. The lowest BCUT2D eigenvalue weighted by atomic mass is 9.96. The zero-order chi connectivity index (χ0) is 15.2. The maximum absolute atomic E-state index is 6.01. The van der Waals surface area contributed by atoms with Crippen LogP contribution in [-0.2, 0) is 9.47 Å². The van der Waals surface area contributed by atoms with Gasteiger partial charge in [-0.2, -0.15) is 5.10 Å². The van der Waals surface area contributed by atoms with Crippen molar-refractivity contribution in [2.24, 2.45) is 5.10 Å². The van der Waals surface area contributed by atoms with Gasteiger partial charge in [-0.25, -0.2) is 9.66 Å². The molecule has 1 unspecified atom stereocenters. The second-order valence-corrected chi connectivity index (χ2v) is 5.59. The van der Waals surface area contributed by atoms with Gasteiger partial charge in [-0.05, 0) is 17.7 Å². The zero-order valence-corrected chi connectivity index (χ0v) is 12.2. The normalized spacial score (nSPS) is 21.3. The average Bonchev–Trinajstić information content (AvgIpc) is 3.16. The second kappa shape index (κ2) is 4.71. The molecule has 2 aliphatic heterocycles. The van der Waals surface area contributed by atoms with Crippen LogP contribution in [0.3, 0.4) is 0 Å². The van der Waals surface area contributed by atoms with E-state index in [1.807, 2.05) is 54.9 Å². The van der Waals surface area contributed by atoms with Crippen molar-refractivity contribution in [2.45, 2.75) is 12.7 Å². The van der Waals surface area contributed by atoms with Crippen LogP contribution in [0.15, 0.2) is 76.6 Å². The van der Waals surface area contributed by atoms with Crippen molar-refractivity contribution in [3.8, 4) is 0 Å². The van der Waals surface area contributed by atoms with Gasteiger partial charge in [0.1, 0.15) is 5.76 Å². The van der Waals surface area contributed by atoms with E-state index in [1.165, 1.54) is 0 Å². The number of allylic oxidation sites excluding steroid dienone is 3. The van der Waals surface area contributed by atoms with Crippen molar-refractivity contribution < 1.29 is 9.47 Å². The first-order chi connectivity index (χ1) is 11.4. The summed E-state index contributed by atoms with van der Waals surface area (Å²) in [6.45, 7) is 0. The standard InChI is InChI=1S/C18H13N3O2/c1-2-4-12(5-3-1)18-22-15-8-13-10-17-19-6-7-21(17)20-11-14(13)9-16(15)23-18/h1-7,9-11,18H,8H2. The summed E-state index contributed by atoms with van der Waals surface area (Å²) in [5, 5.41) is 4.41. The fourth-order valence-corrected chi connectivity index (χ4v) is 2.94. The molecule has 112 valence electrons. The second-order valence-electron chi connectivity index (χ2n) is 5.59. The molecule has 0 saturated carbocycles. The molecule has 0 radical (unpaired) electrons. The Hall–Kier alpha value is -3.08. The molecular formula is C18H13N3O2. The van der Waals surface area contributed by atoms with E-state index in [0.29, 0.717) is 6.42 Å². The van der Waals surface area contributed by atoms with E-state index >= 15 is 0 Å². The Morgan fingerprint density at radius 2 is 2.00 bits per heavy atom. The highest BCUT2D eigenvalue weighted by molar-refractivity contribution is 5.89. The summed E-state index contributed by atoms with van der Waals surface area (Å²) in [6, 6.07) is 9.96. The monoisotopic (exact) mass is 303 g/mol. The smallest absolute Gasteiger partial charge is 0.267 e. The number of aromatic nitrogens is 2. The third-order valence-corrected chi connectivity index (χ3v) is 4.11. The van der Waals surface area contributed by atoms with Crippen LogP contribution >= 0.6 is 0 Å². The SMILES string of the molecule is C1=Nn2ccnc2C=C2CC3=C(C=C12)OC(c1ccccc1)O3. The van der Waals surface area contributed by atoms with E-state index in [9.17, 15) is 0 Å². The molecule has 3 aliphatic rings. The minimum absolute atomic E-state index is 0.375. The van der Waals surface area contributed by atoms with Gasteiger partial charge in [0.25, 0.3) is 6.29 Å². The van der Waals surface area contributed by atoms with E-state index in [4.69, 9.17) is 9.47 Å². The highest BCUT2D eigenvalue weighted by atomic mass is 16.7. The van der Waals surface area contributed by atoms with Gasteiger partial charge in [-0.15, -0.1) is 0 Å². The van der Waals surface area contributed by atoms with Gasteiger partial charge in [0, 0.05) is 30.0 Å². The number of hydrogen-bond donors (Lipinski definition) is 0. The van der Waals surface area contributed by atoms with Crippen molar-refractivity contribution in [1.82, 2.24) is 9.66 Å². The van der Waals surface area contributed by atoms with Gasteiger partial charge < -0.3 is 9.47 Å². The molecule has 5 heteroatoms. The topological polar surface area (TPSA) is 48.6 Å². The van der Waals surface area contributed by atoms with Crippen LogP contribution in [0.4, 0.5) is 0 Å². The first-order valence-electron chi connectivity index (χ1n) is 7.48. The Balaban J connectivity index is 1.48. The maximum atomic E-state index is 6.01. The fourth-order valence-electron chi connectivity index (χ4n) is 2.94. The Morgan fingerprint density at radius 3 is 2.91 bits per heavy atom. The molecule has 1 atom stereocenters. The minimum Gasteiger partial charge on any atom is -0.451 e. The largest absolute Gasteiger partial charge is 0.451 e. The summed E-state index contributed by atoms with van der Waals surface area (Å²) < 4.78 is 13.7. The maximum Gasteiger partial charge on any atom is 0.267 e. The predicted octanol–water partition coefficient (Wildman–Crippen LogP) is 3.40. The van der Waals surface area contributed by atoms with Crippen LogP contribution in [-0.4, -0.2) is 15.9 Å². The Labute approximate surface area is 132 Å². The van der Waals surface area contributed by atoms with Gasteiger partial charge in [0.05, 0.1) is 6.21 Å². The van der Waals surface area contributed by atoms with E-state index in [2.05, 4.69) is 10.1 Å². The lowest BCUT2D eigenvalue weighted by Gasteiger charge is -2.12. The van der Waals surface area contributed by atoms with Crippen LogP contribution in [0.5, 0.6) is 0 Å².